The lowest BCUT2D eigenvalue weighted by atomic mass is 9.79. The Morgan fingerprint density at radius 3 is 2.93 bits per heavy atom. The highest BCUT2D eigenvalue weighted by atomic mass is 35.5. The average molecular weight is 413 g/mol. The van der Waals surface area contributed by atoms with E-state index in [1.165, 1.54) is 34.9 Å². The SMILES string of the molecule is CCC1(O)CC2=CN(C(=O)CC(C)c3c[nH]c4ccc(Cl)c(C5CC5)c34)C(C2)C1. The molecule has 3 atom stereocenters. The number of nitrogens with one attached hydrogen (secondary N) is 1. The van der Waals surface area contributed by atoms with Crippen molar-refractivity contribution >= 4 is 28.4 Å². The van der Waals surface area contributed by atoms with Gasteiger partial charge in [0, 0.05) is 40.8 Å². The molecular weight excluding hydrogens is 384 g/mol. The Hall–Kier alpha value is -1.78. The van der Waals surface area contributed by atoms with Crippen LogP contribution < -0.4 is 0 Å². The molecule has 2 aromatic rings. The maximum Gasteiger partial charge on any atom is 0.227 e. The van der Waals surface area contributed by atoms with Crippen LogP contribution in [0.2, 0.25) is 5.02 Å². The number of aromatic nitrogens is 1. The van der Waals surface area contributed by atoms with E-state index < -0.39 is 5.60 Å². The average Bonchev–Trinajstić information content (AvgIpc) is 3.35. The van der Waals surface area contributed by atoms with Crippen LogP contribution >= 0.6 is 11.6 Å². The summed E-state index contributed by atoms with van der Waals surface area (Å²) in [6.45, 7) is 4.16. The van der Waals surface area contributed by atoms with E-state index >= 15 is 0 Å². The molecule has 5 heteroatoms. The smallest absolute Gasteiger partial charge is 0.227 e. The molecule has 1 aliphatic heterocycles. The lowest BCUT2D eigenvalue weighted by Crippen LogP contribution is -2.42. The second-order valence-corrected chi connectivity index (χ2v) is 9.82. The number of carbonyl (C=O) groups is 1. The molecule has 2 bridgehead atoms. The Bertz CT molecular complexity index is 1010. The van der Waals surface area contributed by atoms with Gasteiger partial charge in [-0.2, -0.15) is 0 Å². The van der Waals surface area contributed by atoms with E-state index in [1.54, 1.807) is 0 Å². The zero-order valence-electron chi connectivity index (χ0n) is 17.2. The number of amides is 1. The number of benzene rings is 1. The third-order valence-electron chi connectivity index (χ3n) is 7.19. The van der Waals surface area contributed by atoms with Gasteiger partial charge in [0.05, 0.1) is 5.60 Å². The first-order valence-electron chi connectivity index (χ1n) is 10.9. The minimum absolute atomic E-state index is 0.108. The van der Waals surface area contributed by atoms with Crippen molar-refractivity contribution in [2.45, 2.75) is 82.3 Å². The van der Waals surface area contributed by atoms with E-state index in [9.17, 15) is 9.90 Å². The first-order chi connectivity index (χ1) is 13.9. The van der Waals surface area contributed by atoms with E-state index in [2.05, 4.69) is 18.1 Å². The summed E-state index contributed by atoms with van der Waals surface area (Å²) >= 11 is 6.56. The second kappa shape index (κ2) is 6.88. The van der Waals surface area contributed by atoms with E-state index in [0.717, 1.165) is 23.4 Å². The molecule has 5 rings (SSSR count). The molecule has 0 saturated heterocycles. The summed E-state index contributed by atoms with van der Waals surface area (Å²) in [7, 11) is 0. The molecule has 29 heavy (non-hydrogen) atoms. The fourth-order valence-corrected chi connectivity index (χ4v) is 5.72. The van der Waals surface area contributed by atoms with Crippen LogP contribution in [-0.2, 0) is 4.79 Å². The van der Waals surface area contributed by atoms with Crippen LogP contribution in [0, 0.1) is 0 Å². The van der Waals surface area contributed by atoms with Crippen molar-refractivity contribution < 1.29 is 9.90 Å². The summed E-state index contributed by atoms with van der Waals surface area (Å²) in [4.78, 5) is 18.5. The molecule has 0 spiro atoms. The quantitative estimate of drug-likeness (QED) is 0.670. The Morgan fingerprint density at radius 2 is 2.21 bits per heavy atom. The van der Waals surface area contributed by atoms with Gasteiger partial charge in [-0.05, 0) is 79.2 Å². The molecule has 1 aromatic carbocycles. The normalized spacial score (nSPS) is 27.4. The number of hydrogen-bond donors (Lipinski definition) is 2. The van der Waals surface area contributed by atoms with Crippen molar-refractivity contribution in [3.63, 3.8) is 0 Å². The Balaban J connectivity index is 1.38. The Kier molecular flexibility index (Phi) is 4.56. The van der Waals surface area contributed by atoms with Crippen molar-refractivity contribution in [2.24, 2.45) is 0 Å². The maximum atomic E-state index is 13.2. The number of fused-ring (bicyclic) bond motifs is 3. The molecule has 1 amide bonds. The van der Waals surface area contributed by atoms with Gasteiger partial charge in [0.25, 0.3) is 0 Å². The first-order valence-corrected chi connectivity index (χ1v) is 11.3. The van der Waals surface area contributed by atoms with Crippen molar-refractivity contribution in [3.05, 3.63) is 46.3 Å². The lowest BCUT2D eigenvalue weighted by Gasteiger charge is -2.36. The third-order valence-corrected chi connectivity index (χ3v) is 7.52. The highest BCUT2D eigenvalue weighted by Crippen LogP contribution is 2.48. The predicted octanol–water partition coefficient (Wildman–Crippen LogP) is 5.61. The van der Waals surface area contributed by atoms with Crippen LogP contribution in [0.15, 0.2) is 30.1 Å². The van der Waals surface area contributed by atoms with Crippen molar-refractivity contribution in [1.82, 2.24) is 9.88 Å². The van der Waals surface area contributed by atoms with Crippen molar-refractivity contribution in [3.8, 4) is 0 Å². The van der Waals surface area contributed by atoms with Crippen LogP contribution in [-0.4, -0.2) is 32.5 Å². The zero-order valence-corrected chi connectivity index (χ0v) is 17.9. The zero-order chi connectivity index (χ0) is 20.3. The van der Waals surface area contributed by atoms with E-state index in [4.69, 9.17) is 11.6 Å². The number of aromatic amines is 1. The number of H-pyrrole nitrogens is 1. The van der Waals surface area contributed by atoms with Gasteiger partial charge < -0.3 is 15.0 Å². The monoisotopic (exact) mass is 412 g/mol. The molecule has 2 saturated carbocycles. The fourth-order valence-electron chi connectivity index (χ4n) is 5.41. The molecule has 4 nitrogen and oxygen atoms in total. The minimum atomic E-state index is -0.651. The van der Waals surface area contributed by atoms with Crippen molar-refractivity contribution in [2.75, 3.05) is 0 Å². The standard InChI is InChI=1S/C24H29ClN2O2/c1-3-24(29)10-15-9-17(11-24)27(13-15)21(28)8-14(2)18-12-26-20-7-6-19(25)22(23(18)20)16-4-5-16/h6-7,12-14,16-17,26,29H,3-5,8-11H2,1-2H3. The molecule has 2 N–H and O–H groups in total. The van der Waals surface area contributed by atoms with Gasteiger partial charge in [0.1, 0.15) is 0 Å². The van der Waals surface area contributed by atoms with Gasteiger partial charge in [-0.3, -0.25) is 4.79 Å². The van der Waals surface area contributed by atoms with E-state index in [-0.39, 0.29) is 17.9 Å². The number of carbonyl (C=O) groups excluding carboxylic acids is 1. The number of rotatable bonds is 5. The van der Waals surface area contributed by atoms with E-state index in [0.29, 0.717) is 25.2 Å². The maximum absolute atomic E-state index is 13.2. The molecule has 3 unspecified atom stereocenters. The largest absolute Gasteiger partial charge is 0.389 e. The Morgan fingerprint density at radius 1 is 1.41 bits per heavy atom. The lowest BCUT2D eigenvalue weighted by molar-refractivity contribution is -0.131. The molecule has 3 aliphatic rings. The summed E-state index contributed by atoms with van der Waals surface area (Å²) < 4.78 is 0. The topological polar surface area (TPSA) is 56.3 Å². The summed E-state index contributed by atoms with van der Waals surface area (Å²) in [6, 6.07) is 4.14. The van der Waals surface area contributed by atoms with E-state index in [1.807, 2.05) is 30.2 Å². The molecule has 2 aliphatic carbocycles. The van der Waals surface area contributed by atoms with Crippen LogP contribution in [0.5, 0.6) is 0 Å². The predicted molar refractivity (Wildman–Crippen MR) is 116 cm³/mol. The molecular formula is C24H29ClN2O2. The minimum Gasteiger partial charge on any atom is -0.389 e. The molecule has 2 heterocycles. The number of hydrogen-bond acceptors (Lipinski definition) is 2. The fraction of sp³-hybridized carbons (Fsp3) is 0.542. The second-order valence-electron chi connectivity index (χ2n) is 9.41. The summed E-state index contributed by atoms with van der Waals surface area (Å²) in [6.07, 6.45) is 9.95. The summed E-state index contributed by atoms with van der Waals surface area (Å²) in [5.41, 5.74) is 4.12. The highest BCUT2D eigenvalue weighted by molar-refractivity contribution is 6.32. The number of aliphatic hydroxyl groups is 1. The molecule has 154 valence electrons. The van der Waals surface area contributed by atoms with Crippen LogP contribution in [0.1, 0.15) is 81.8 Å². The summed E-state index contributed by atoms with van der Waals surface area (Å²) in [5, 5.41) is 12.8. The third kappa shape index (κ3) is 3.30. The first kappa shape index (κ1) is 19.2. The molecule has 0 radical (unpaired) electrons. The van der Waals surface area contributed by atoms with Crippen LogP contribution in [0.3, 0.4) is 0 Å². The highest BCUT2D eigenvalue weighted by Gasteiger charge is 2.42. The molecule has 2 fully saturated rings. The Labute approximate surface area is 176 Å². The van der Waals surface area contributed by atoms with Gasteiger partial charge in [0.15, 0.2) is 0 Å². The molecule has 1 aromatic heterocycles. The van der Waals surface area contributed by atoms with Gasteiger partial charge >= 0.3 is 0 Å². The van der Waals surface area contributed by atoms with Crippen molar-refractivity contribution in [1.29, 1.82) is 0 Å². The number of nitrogens with zero attached hydrogens (tertiary/aromatic N) is 1. The summed E-state index contributed by atoms with van der Waals surface area (Å²) in [5.74, 6) is 0.816. The number of halogens is 1. The van der Waals surface area contributed by atoms with Gasteiger partial charge in [-0.1, -0.05) is 25.4 Å². The van der Waals surface area contributed by atoms with Gasteiger partial charge in [-0.15, -0.1) is 0 Å². The van der Waals surface area contributed by atoms with Gasteiger partial charge in [0.2, 0.25) is 5.91 Å². The van der Waals surface area contributed by atoms with Gasteiger partial charge in [-0.25, -0.2) is 0 Å². The van der Waals surface area contributed by atoms with Crippen LogP contribution in [0.25, 0.3) is 10.9 Å². The van der Waals surface area contributed by atoms with Crippen LogP contribution in [0.4, 0.5) is 0 Å².